The Bertz CT molecular complexity index is 567. The lowest BCUT2D eigenvalue weighted by molar-refractivity contribution is 0.474. The van der Waals surface area contributed by atoms with Crippen LogP contribution in [-0.2, 0) is 0 Å². The number of phenolic OH excluding ortho intramolecular Hbond substituents is 1. The van der Waals surface area contributed by atoms with Gasteiger partial charge in [0.2, 0.25) is 0 Å². The van der Waals surface area contributed by atoms with Gasteiger partial charge in [-0.2, -0.15) is 0 Å². The number of aryl methyl sites for hydroxylation is 1. The predicted octanol–water partition coefficient (Wildman–Crippen LogP) is 3.50. The van der Waals surface area contributed by atoms with Crippen LogP contribution in [0.5, 0.6) is 5.75 Å². The first-order valence-corrected chi connectivity index (χ1v) is 5.49. The molecule has 0 amide bonds. The molecule has 0 aliphatic rings. The lowest BCUT2D eigenvalue weighted by atomic mass is 10.2. The number of halogens is 1. The molecule has 0 saturated carbocycles. The lowest BCUT2D eigenvalue weighted by Crippen LogP contribution is -1.84. The fourth-order valence-electron chi connectivity index (χ4n) is 1.37. The Morgan fingerprint density at radius 1 is 1.29 bits per heavy atom. The van der Waals surface area contributed by atoms with Gasteiger partial charge in [0.1, 0.15) is 5.75 Å². The highest BCUT2D eigenvalue weighted by molar-refractivity contribution is 6.30. The summed E-state index contributed by atoms with van der Waals surface area (Å²) in [5.74, 6) is 0.746. The summed E-state index contributed by atoms with van der Waals surface area (Å²) in [6.07, 6.45) is 1.54. The van der Waals surface area contributed by atoms with E-state index in [-0.39, 0.29) is 5.75 Å². The van der Waals surface area contributed by atoms with Crippen LogP contribution in [0.1, 0.15) is 11.3 Å². The largest absolute Gasteiger partial charge is 0.507 e. The van der Waals surface area contributed by atoms with Gasteiger partial charge in [0.15, 0.2) is 5.82 Å². The number of aromatic nitrogens is 1. The Morgan fingerprint density at radius 3 is 2.88 bits per heavy atom. The van der Waals surface area contributed by atoms with Gasteiger partial charge in [-0.05, 0) is 37.3 Å². The molecule has 1 aromatic carbocycles. The van der Waals surface area contributed by atoms with Gasteiger partial charge in [-0.25, -0.2) is 9.98 Å². The Morgan fingerprint density at radius 2 is 2.12 bits per heavy atom. The maximum atomic E-state index is 9.60. The van der Waals surface area contributed by atoms with Crippen molar-refractivity contribution in [2.45, 2.75) is 6.92 Å². The lowest BCUT2D eigenvalue weighted by Gasteiger charge is -1.99. The molecule has 0 atom stereocenters. The zero-order valence-corrected chi connectivity index (χ0v) is 10.0. The Balaban J connectivity index is 2.29. The van der Waals surface area contributed by atoms with E-state index in [0.717, 1.165) is 5.69 Å². The summed E-state index contributed by atoms with van der Waals surface area (Å²) >= 11 is 5.84. The molecule has 0 aliphatic carbocycles. The van der Waals surface area contributed by atoms with E-state index in [1.54, 1.807) is 24.4 Å². The Hall–Kier alpha value is -1.87. The van der Waals surface area contributed by atoms with E-state index in [0.29, 0.717) is 16.4 Å². The van der Waals surface area contributed by atoms with E-state index in [1.165, 1.54) is 6.07 Å². The van der Waals surface area contributed by atoms with Gasteiger partial charge in [0.25, 0.3) is 0 Å². The molecule has 2 rings (SSSR count). The molecule has 0 saturated heterocycles. The number of phenols is 1. The van der Waals surface area contributed by atoms with Crippen LogP contribution in [0.15, 0.2) is 41.4 Å². The number of nitrogens with zero attached hydrogens (tertiary/aromatic N) is 2. The van der Waals surface area contributed by atoms with E-state index in [9.17, 15) is 5.11 Å². The summed E-state index contributed by atoms with van der Waals surface area (Å²) in [7, 11) is 0. The Labute approximate surface area is 104 Å². The van der Waals surface area contributed by atoms with Crippen LogP contribution >= 0.6 is 11.6 Å². The number of aromatic hydroxyl groups is 1. The second-order valence-corrected chi connectivity index (χ2v) is 4.03. The highest BCUT2D eigenvalue weighted by atomic mass is 35.5. The zero-order chi connectivity index (χ0) is 12.3. The summed E-state index contributed by atoms with van der Waals surface area (Å²) in [6, 6.07) is 10.4. The van der Waals surface area contributed by atoms with Crippen LogP contribution in [-0.4, -0.2) is 16.3 Å². The van der Waals surface area contributed by atoms with E-state index >= 15 is 0 Å². The van der Waals surface area contributed by atoms with Crippen molar-refractivity contribution in [3.63, 3.8) is 0 Å². The van der Waals surface area contributed by atoms with Gasteiger partial charge < -0.3 is 5.11 Å². The first-order chi connectivity index (χ1) is 8.15. The number of rotatable bonds is 2. The smallest absolute Gasteiger partial charge is 0.152 e. The molecule has 86 valence electrons. The molecule has 2 aromatic rings. The number of aliphatic imine (C=N–C) groups is 1. The third-order valence-electron chi connectivity index (χ3n) is 2.20. The summed E-state index contributed by atoms with van der Waals surface area (Å²) in [6.45, 7) is 1.90. The number of hydrogen-bond donors (Lipinski definition) is 1. The highest BCUT2D eigenvalue weighted by Crippen LogP contribution is 2.20. The predicted molar refractivity (Wildman–Crippen MR) is 69.3 cm³/mol. The molecule has 0 unspecified atom stereocenters. The van der Waals surface area contributed by atoms with Crippen molar-refractivity contribution < 1.29 is 5.11 Å². The topological polar surface area (TPSA) is 45.5 Å². The van der Waals surface area contributed by atoms with Gasteiger partial charge >= 0.3 is 0 Å². The molecule has 0 aliphatic heterocycles. The molecule has 0 radical (unpaired) electrons. The van der Waals surface area contributed by atoms with Gasteiger partial charge in [-0.1, -0.05) is 17.7 Å². The normalized spacial score (nSPS) is 10.9. The molecule has 1 heterocycles. The monoisotopic (exact) mass is 246 g/mol. The van der Waals surface area contributed by atoms with Gasteiger partial charge in [0, 0.05) is 22.5 Å². The fraction of sp³-hybridized carbons (Fsp3) is 0.0769. The molecule has 1 N–H and O–H groups in total. The Kier molecular flexibility index (Phi) is 3.40. The zero-order valence-electron chi connectivity index (χ0n) is 9.26. The molecule has 4 heteroatoms. The second-order valence-electron chi connectivity index (χ2n) is 3.60. The van der Waals surface area contributed by atoms with E-state index in [4.69, 9.17) is 11.6 Å². The van der Waals surface area contributed by atoms with Crippen LogP contribution < -0.4 is 0 Å². The SMILES string of the molecule is Cc1cccc(N=Cc2cc(Cl)ccc2O)n1. The minimum absolute atomic E-state index is 0.144. The van der Waals surface area contributed by atoms with Crippen molar-refractivity contribution in [1.29, 1.82) is 0 Å². The summed E-state index contributed by atoms with van der Waals surface area (Å²) in [5, 5.41) is 10.2. The average molecular weight is 247 g/mol. The first-order valence-electron chi connectivity index (χ1n) is 5.11. The summed E-state index contributed by atoms with van der Waals surface area (Å²) in [4.78, 5) is 8.41. The first kappa shape index (κ1) is 11.6. The maximum Gasteiger partial charge on any atom is 0.152 e. The minimum atomic E-state index is 0.144. The van der Waals surface area contributed by atoms with Gasteiger partial charge in [-0.15, -0.1) is 0 Å². The number of hydrogen-bond acceptors (Lipinski definition) is 3. The average Bonchev–Trinajstić information content (AvgIpc) is 2.30. The van der Waals surface area contributed by atoms with Gasteiger partial charge in [-0.3, -0.25) is 0 Å². The fourth-order valence-corrected chi connectivity index (χ4v) is 1.55. The molecule has 0 bridgehead atoms. The van der Waals surface area contributed by atoms with Crippen LogP contribution in [0, 0.1) is 6.92 Å². The standard InChI is InChI=1S/C13H11ClN2O/c1-9-3-2-4-13(16-9)15-8-10-7-11(14)5-6-12(10)17/h2-8,17H,1H3. The van der Waals surface area contributed by atoms with Crippen molar-refractivity contribution in [3.8, 4) is 5.75 Å². The summed E-state index contributed by atoms with van der Waals surface area (Å²) in [5.41, 5.74) is 1.47. The number of benzene rings is 1. The highest BCUT2D eigenvalue weighted by Gasteiger charge is 1.99. The van der Waals surface area contributed by atoms with Crippen molar-refractivity contribution in [2.75, 3.05) is 0 Å². The van der Waals surface area contributed by atoms with E-state index in [2.05, 4.69) is 9.98 Å². The van der Waals surface area contributed by atoms with Gasteiger partial charge in [0.05, 0.1) is 0 Å². The third-order valence-corrected chi connectivity index (χ3v) is 2.43. The van der Waals surface area contributed by atoms with Crippen LogP contribution in [0.4, 0.5) is 5.82 Å². The second kappa shape index (κ2) is 4.97. The van der Waals surface area contributed by atoms with Crippen LogP contribution in [0.2, 0.25) is 5.02 Å². The quantitative estimate of drug-likeness (QED) is 0.825. The van der Waals surface area contributed by atoms with E-state index in [1.807, 2.05) is 19.1 Å². The van der Waals surface area contributed by atoms with Crippen molar-refractivity contribution in [1.82, 2.24) is 4.98 Å². The molecule has 1 aromatic heterocycles. The van der Waals surface area contributed by atoms with Crippen LogP contribution in [0.25, 0.3) is 0 Å². The molecule has 17 heavy (non-hydrogen) atoms. The molecule has 0 spiro atoms. The minimum Gasteiger partial charge on any atom is -0.507 e. The molecular formula is C13H11ClN2O. The van der Waals surface area contributed by atoms with Crippen LogP contribution in [0.3, 0.4) is 0 Å². The van der Waals surface area contributed by atoms with Crippen molar-refractivity contribution in [2.24, 2.45) is 4.99 Å². The molecular weight excluding hydrogens is 236 g/mol. The molecule has 0 fully saturated rings. The van der Waals surface area contributed by atoms with Crippen molar-refractivity contribution in [3.05, 3.63) is 52.7 Å². The summed E-state index contributed by atoms with van der Waals surface area (Å²) < 4.78 is 0. The molecule has 3 nitrogen and oxygen atoms in total. The number of pyridine rings is 1. The van der Waals surface area contributed by atoms with E-state index < -0.39 is 0 Å². The van der Waals surface area contributed by atoms with Crippen molar-refractivity contribution >= 4 is 23.6 Å². The maximum absolute atomic E-state index is 9.60. The third kappa shape index (κ3) is 3.04.